The molecule has 6 heteroatoms. The lowest BCUT2D eigenvalue weighted by molar-refractivity contribution is -0.141. The first-order valence-electron chi connectivity index (χ1n) is 11.3. The summed E-state index contributed by atoms with van der Waals surface area (Å²) in [7, 11) is 1.74. The molecule has 30 heavy (non-hydrogen) atoms. The second-order valence-corrected chi connectivity index (χ2v) is 9.90. The smallest absolute Gasteiger partial charge is 0.333 e. The van der Waals surface area contributed by atoms with Crippen LogP contribution >= 0.6 is 0 Å². The first-order chi connectivity index (χ1) is 13.9. The minimum atomic E-state index is -0.630. The molecule has 0 aromatic heterocycles. The molecule has 1 saturated carbocycles. The van der Waals surface area contributed by atoms with Crippen molar-refractivity contribution in [1.29, 1.82) is 0 Å². The van der Waals surface area contributed by atoms with Gasteiger partial charge in [-0.3, -0.25) is 9.59 Å². The van der Waals surface area contributed by atoms with Crippen LogP contribution in [0, 0.1) is 17.3 Å². The SMILES string of the molecule is CCOC(=O)/C(C)=C/[C@H](C(C)C)N(C)C(=O)C(NC(=O)C1CCCCC1)C(C)(C)C. The molecule has 1 fully saturated rings. The first-order valence-corrected chi connectivity index (χ1v) is 11.3. The van der Waals surface area contributed by atoms with Crippen molar-refractivity contribution in [2.45, 2.75) is 92.7 Å². The van der Waals surface area contributed by atoms with E-state index in [0.29, 0.717) is 12.2 Å². The maximum atomic E-state index is 13.5. The molecule has 2 amide bonds. The molecular weight excluding hydrogens is 380 g/mol. The van der Waals surface area contributed by atoms with Crippen LogP contribution in [0.3, 0.4) is 0 Å². The number of rotatable bonds is 8. The Kier molecular flexibility index (Phi) is 10.1. The fourth-order valence-corrected chi connectivity index (χ4v) is 3.94. The van der Waals surface area contributed by atoms with Gasteiger partial charge in [0.2, 0.25) is 11.8 Å². The van der Waals surface area contributed by atoms with Crippen LogP contribution in [0.25, 0.3) is 0 Å². The molecule has 0 heterocycles. The molecule has 0 aliphatic heterocycles. The van der Waals surface area contributed by atoms with Crippen molar-refractivity contribution < 1.29 is 19.1 Å². The van der Waals surface area contributed by atoms with E-state index in [1.165, 1.54) is 6.42 Å². The Bertz CT molecular complexity index is 628. The molecule has 0 aromatic rings. The van der Waals surface area contributed by atoms with Gasteiger partial charge in [-0.15, -0.1) is 0 Å². The normalized spacial score (nSPS) is 18.0. The Hall–Kier alpha value is -1.85. The van der Waals surface area contributed by atoms with Crippen molar-refractivity contribution in [3.63, 3.8) is 0 Å². The number of nitrogens with zero attached hydrogens (tertiary/aromatic N) is 1. The summed E-state index contributed by atoms with van der Waals surface area (Å²) in [5, 5.41) is 3.06. The van der Waals surface area contributed by atoms with Crippen LogP contribution in [-0.2, 0) is 19.1 Å². The van der Waals surface area contributed by atoms with Gasteiger partial charge in [0.1, 0.15) is 6.04 Å². The second-order valence-electron chi connectivity index (χ2n) is 9.90. The lowest BCUT2D eigenvalue weighted by Gasteiger charge is -2.38. The highest BCUT2D eigenvalue weighted by molar-refractivity contribution is 5.90. The maximum Gasteiger partial charge on any atom is 0.333 e. The van der Waals surface area contributed by atoms with Crippen molar-refractivity contribution in [2.24, 2.45) is 17.3 Å². The van der Waals surface area contributed by atoms with E-state index in [9.17, 15) is 14.4 Å². The van der Waals surface area contributed by atoms with Crippen LogP contribution in [0.4, 0.5) is 0 Å². The van der Waals surface area contributed by atoms with Gasteiger partial charge in [0.05, 0.1) is 12.6 Å². The molecular formula is C24H42N2O4. The Morgan fingerprint density at radius 1 is 1.13 bits per heavy atom. The van der Waals surface area contributed by atoms with Crippen molar-refractivity contribution >= 4 is 17.8 Å². The number of hydrogen-bond donors (Lipinski definition) is 1. The summed E-state index contributed by atoms with van der Waals surface area (Å²) in [6.45, 7) is 13.7. The van der Waals surface area contributed by atoms with Crippen molar-refractivity contribution in [2.75, 3.05) is 13.7 Å². The van der Waals surface area contributed by atoms with E-state index in [4.69, 9.17) is 4.74 Å². The molecule has 1 aliphatic rings. The summed E-state index contributed by atoms with van der Waals surface area (Å²) in [4.78, 5) is 40.1. The van der Waals surface area contributed by atoms with Crippen molar-refractivity contribution in [3.05, 3.63) is 11.6 Å². The van der Waals surface area contributed by atoms with Crippen molar-refractivity contribution in [1.82, 2.24) is 10.2 Å². The predicted octanol–water partition coefficient (Wildman–Crippen LogP) is 4.09. The van der Waals surface area contributed by atoms with E-state index < -0.39 is 11.5 Å². The third-order valence-electron chi connectivity index (χ3n) is 5.87. The zero-order chi connectivity index (χ0) is 23.1. The molecule has 1 aliphatic carbocycles. The molecule has 0 aromatic carbocycles. The first kappa shape index (κ1) is 26.2. The van der Waals surface area contributed by atoms with Gasteiger partial charge in [-0.2, -0.15) is 0 Å². The lowest BCUT2D eigenvalue weighted by Crippen LogP contribution is -2.57. The van der Waals surface area contributed by atoms with Crippen LogP contribution in [0.15, 0.2) is 11.6 Å². The minimum absolute atomic E-state index is 0.00597. The lowest BCUT2D eigenvalue weighted by atomic mass is 9.83. The van der Waals surface area contributed by atoms with Crippen LogP contribution in [0.1, 0.15) is 80.6 Å². The number of likely N-dealkylation sites (N-methyl/N-ethyl adjacent to an activating group) is 1. The van der Waals surface area contributed by atoms with Crippen molar-refractivity contribution in [3.8, 4) is 0 Å². The van der Waals surface area contributed by atoms with Gasteiger partial charge in [0.15, 0.2) is 0 Å². The Balaban J connectivity index is 3.06. The molecule has 1 N–H and O–H groups in total. The molecule has 0 spiro atoms. The number of ether oxygens (including phenoxy) is 1. The predicted molar refractivity (Wildman–Crippen MR) is 120 cm³/mol. The molecule has 0 saturated heterocycles. The topological polar surface area (TPSA) is 75.7 Å². The maximum absolute atomic E-state index is 13.5. The van der Waals surface area contributed by atoms with E-state index >= 15 is 0 Å². The van der Waals surface area contributed by atoms with Crippen LogP contribution in [-0.4, -0.2) is 48.4 Å². The zero-order valence-electron chi connectivity index (χ0n) is 20.2. The Labute approximate surface area is 182 Å². The van der Waals surface area contributed by atoms with E-state index in [-0.39, 0.29) is 35.7 Å². The van der Waals surface area contributed by atoms with Gasteiger partial charge < -0.3 is 15.0 Å². The zero-order valence-corrected chi connectivity index (χ0v) is 20.2. The molecule has 0 radical (unpaired) electrons. The van der Waals surface area contributed by atoms with Gasteiger partial charge >= 0.3 is 5.97 Å². The molecule has 1 rings (SSSR count). The third kappa shape index (κ3) is 7.44. The highest BCUT2D eigenvalue weighted by atomic mass is 16.5. The standard InChI is InChI=1S/C24H42N2O4/c1-9-30-23(29)17(4)15-19(16(2)3)26(8)22(28)20(24(5,6)7)25-21(27)18-13-11-10-12-14-18/h15-16,18-20H,9-14H2,1-8H3,(H,25,27)/b17-15+/t19-,20?/m1/s1. The highest BCUT2D eigenvalue weighted by Gasteiger charge is 2.38. The van der Waals surface area contributed by atoms with Gasteiger partial charge in [0.25, 0.3) is 0 Å². The summed E-state index contributed by atoms with van der Waals surface area (Å²) in [5.74, 6) is -0.442. The molecule has 6 nitrogen and oxygen atoms in total. The monoisotopic (exact) mass is 422 g/mol. The number of hydrogen-bond acceptors (Lipinski definition) is 4. The molecule has 2 atom stereocenters. The largest absolute Gasteiger partial charge is 0.463 e. The number of amides is 2. The minimum Gasteiger partial charge on any atom is -0.463 e. The van der Waals surface area contributed by atoms with E-state index in [1.807, 2.05) is 34.6 Å². The van der Waals surface area contributed by atoms with E-state index in [1.54, 1.807) is 31.9 Å². The van der Waals surface area contributed by atoms with E-state index in [2.05, 4.69) is 5.32 Å². The third-order valence-corrected chi connectivity index (χ3v) is 5.87. The van der Waals surface area contributed by atoms with Gasteiger partial charge in [-0.05, 0) is 38.0 Å². The average molecular weight is 423 g/mol. The second kappa shape index (κ2) is 11.5. The van der Waals surface area contributed by atoms with Crippen LogP contribution in [0.5, 0.6) is 0 Å². The number of esters is 1. The molecule has 172 valence electrons. The van der Waals surface area contributed by atoms with E-state index in [0.717, 1.165) is 25.7 Å². The number of carbonyl (C=O) groups excluding carboxylic acids is 3. The summed E-state index contributed by atoms with van der Waals surface area (Å²) in [6, 6.07) is -0.909. The quantitative estimate of drug-likeness (QED) is 0.472. The summed E-state index contributed by atoms with van der Waals surface area (Å²) < 4.78 is 5.08. The molecule has 1 unspecified atom stereocenters. The van der Waals surface area contributed by atoms with Gasteiger partial charge in [-0.25, -0.2) is 4.79 Å². The fourth-order valence-electron chi connectivity index (χ4n) is 3.94. The van der Waals surface area contributed by atoms with Crippen LogP contribution in [0.2, 0.25) is 0 Å². The van der Waals surface area contributed by atoms with Gasteiger partial charge in [-0.1, -0.05) is 60.0 Å². The number of carbonyl (C=O) groups is 3. The summed E-state index contributed by atoms with van der Waals surface area (Å²) in [6.07, 6.45) is 6.89. The highest BCUT2D eigenvalue weighted by Crippen LogP contribution is 2.27. The Morgan fingerprint density at radius 3 is 2.17 bits per heavy atom. The fraction of sp³-hybridized carbons (Fsp3) is 0.792. The summed E-state index contributed by atoms with van der Waals surface area (Å²) in [5.41, 5.74) is 0.0469. The number of nitrogens with one attached hydrogen (secondary N) is 1. The average Bonchev–Trinajstić information content (AvgIpc) is 2.68. The Morgan fingerprint density at radius 2 is 1.70 bits per heavy atom. The van der Waals surface area contributed by atoms with Crippen LogP contribution < -0.4 is 5.32 Å². The molecule has 0 bridgehead atoms. The summed E-state index contributed by atoms with van der Waals surface area (Å²) >= 11 is 0. The van der Waals surface area contributed by atoms with Gasteiger partial charge in [0, 0.05) is 18.5 Å².